The molecule has 19 heavy (non-hydrogen) atoms. The van der Waals surface area contributed by atoms with E-state index in [0.717, 1.165) is 25.2 Å². The van der Waals surface area contributed by atoms with E-state index in [0.29, 0.717) is 24.9 Å². The zero-order valence-electron chi connectivity index (χ0n) is 11.6. The maximum Gasteiger partial charge on any atom is 0.158 e. The average molecular weight is 266 g/mol. The van der Waals surface area contributed by atoms with Crippen molar-refractivity contribution >= 4 is 11.6 Å². The second-order valence-electron chi connectivity index (χ2n) is 4.83. The van der Waals surface area contributed by atoms with Gasteiger partial charge in [0.05, 0.1) is 5.60 Å². The van der Waals surface area contributed by atoms with Gasteiger partial charge in [-0.3, -0.25) is 0 Å². The first-order chi connectivity index (χ1) is 9.17. The highest BCUT2D eigenvalue weighted by molar-refractivity contribution is 5.44. The molecular formula is C13H22N4O2. The molecule has 1 heterocycles. The molecule has 1 fully saturated rings. The number of hydrogen-bond acceptors (Lipinski definition) is 6. The van der Waals surface area contributed by atoms with Gasteiger partial charge in [-0.05, 0) is 26.2 Å². The third-order valence-electron chi connectivity index (χ3n) is 3.52. The Labute approximate surface area is 113 Å². The van der Waals surface area contributed by atoms with Gasteiger partial charge < -0.3 is 20.5 Å². The number of anilines is 2. The van der Waals surface area contributed by atoms with E-state index in [2.05, 4.69) is 15.3 Å². The van der Waals surface area contributed by atoms with Gasteiger partial charge in [-0.1, -0.05) is 0 Å². The van der Waals surface area contributed by atoms with Crippen LogP contribution in [0.25, 0.3) is 0 Å². The van der Waals surface area contributed by atoms with Gasteiger partial charge in [-0.25, -0.2) is 9.97 Å². The van der Waals surface area contributed by atoms with Crippen LogP contribution in [-0.4, -0.2) is 35.8 Å². The fourth-order valence-electron chi connectivity index (χ4n) is 2.14. The third-order valence-corrected chi connectivity index (χ3v) is 3.52. The summed E-state index contributed by atoms with van der Waals surface area (Å²) in [5, 5.41) is 3.28. The zero-order valence-corrected chi connectivity index (χ0v) is 11.6. The number of nitrogen functional groups attached to an aromatic ring is 1. The summed E-state index contributed by atoms with van der Waals surface area (Å²) in [6.07, 6.45) is 3.39. The van der Waals surface area contributed by atoms with Gasteiger partial charge in [-0.15, -0.1) is 0 Å². The van der Waals surface area contributed by atoms with Gasteiger partial charge >= 0.3 is 0 Å². The summed E-state index contributed by atoms with van der Waals surface area (Å²) >= 11 is 0. The Morgan fingerprint density at radius 3 is 2.79 bits per heavy atom. The molecule has 1 aliphatic rings. The molecule has 0 unspecified atom stereocenters. The van der Waals surface area contributed by atoms with E-state index in [1.165, 1.54) is 6.42 Å². The molecule has 3 N–H and O–H groups in total. The van der Waals surface area contributed by atoms with Crippen molar-refractivity contribution in [1.82, 2.24) is 9.97 Å². The van der Waals surface area contributed by atoms with Gasteiger partial charge in [0.1, 0.15) is 18.2 Å². The van der Waals surface area contributed by atoms with Crippen molar-refractivity contribution in [2.75, 3.05) is 31.3 Å². The van der Waals surface area contributed by atoms with Crippen molar-refractivity contribution in [3.63, 3.8) is 0 Å². The lowest BCUT2D eigenvalue weighted by Gasteiger charge is -2.40. The Balaban J connectivity index is 1.97. The van der Waals surface area contributed by atoms with Crippen LogP contribution in [0.15, 0.2) is 6.07 Å². The second kappa shape index (κ2) is 6.16. The number of rotatable bonds is 7. The minimum absolute atomic E-state index is 0.0419. The average Bonchev–Trinajstić information content (AvgIpc) is 2.35. The molecule has 6 heteroatoms. The fourth-order valence-corrected chi connectivity index (χ4v) is 2.14. The zero-order chi connectivity index (χ0) is 13.7. The lowest BCUT2D eigenvalue weighted by molar-refractivity contribution is -0.0601. The maximum absolute atomic E-state index is 5.77. The van der Waals surface area contributed by atoms with E-state index in [9.17, 15) is 0 Å². The molecule has 106 valence electrons. The number of methoxy groups -OCH3 is 1. The molecule has 0 radical (unpaired) electrons. The van der Waals surface area contributed by atoms with E-state index in [1.54, 1.807) is 13.2 Å². The van der Waals surface area contributed by atoms with Crippen LogP contribution in [0.2, 0.25) is 0 Å². The van der Waals surface area contributed by atoms with Crippen LogP contribution in [0.4, 0.5) is 11.6 Å². The number of nitrogens with two attached hydrogens (primary N) is 1. The van der Waals surface area contributed by atoms with Crippen molar-refractivity contribution < 1.29 is 9.47 Å². The van der Waals surface area contributed by atoms with E-state index >= 15 is 0 Å². The summed E-state index contributed by atoms with van der Waals surface area (Å²) in [6.45, 7) is 3.69. The predicted molar refractivity (Wildman–Crippen MR) is 73.9 cm³/mol. The number of nitrogens with zero attached hydrogens (tertiary/aromatic N) is 2. The second-order valence-corrected chi connectivity index (χ2v) is 4.83. The summed E-state index contributed by atoms with van der Waals surface area (Å²) in [5.41, 5.74) is 5.73. The molecule has 0 bridgehead atoms. The van der Waals surface area contributed by atoms with Gasteiger partial charge in [0.25, 0.3) is 0 Å². The molecular weight excluding hydrogens is 244 g/mol. The van der Waals surface area contributed by atoms with Gasteiger partial charge in [0, 0.05) is 26.3 Å². The van der Waals surface area contributed by atoms with Crippen LogP contribution < -0.4 is 11.1 Å². The topological polar surface area (TPSA) is 82.3 Å². The normalized spacial score (nSPS) is 16.9. The first-order valence-corrected chi connectivity index (χ1v) is 6.68. The standard InChI is InChI=1S/C13H22N4O2/c1-3-19-8-12-16-10(14)7-11(17-12)15-9-13(18-2)5-4-6-13/h7H,3-6,8-9H2,1-2H3,(H3,14,15,16,17). The summed E-state index contributed by atoms with van der Waals surface area (Å²) < 4.78 is 10.9. The number of aromatic nitrogens is 2. The first-order valence-electron chi connectivity index (χ1n) is 6.68. The van der Waals surface area contributed by atoms with E-state index < -0.39 is 0 Å². The maximum atomic E-state index is 5.77. The molecule has 1 aromatic heterocycles. The van der Waals surface area contributed by atoms with Crippen molar-refractivity contribution in [1.29, 1.82) is 0 Å². The van der Waals surface area contributed by atoms with Gasteiger partial charge in [0.2, 0.25) is 0 Å². The molecule has 0 amide bonds. The molecule has 1 saturated carbocycles. The predicted octanol–water partition coefficient (Wildman–Crippen LogP) is 1.58. The smallest absolute Gasteiger partial charge is 0.158 e. The highest BCUT2D eigenvalue weighted by atomic mass is 16.5. The highest BCUT2D eigenvalue weighted by Crippen LogP contribution is 2.34. The third kappa shape index (κ3) is 3.54. The van der Waals surface area contributed by atoms with Crippen LogP contribution in [0.5, 0.6) is 0 Å². The molecule has 0 spiro atoms. The number of hydrogen-bond donors (Lipinski definition) is 2. The Morgan fingerprint density at radius 2 is 2.21 bits per heavy atom. The SMILES string of the molecule is CCOCc1nc(N)cc(NCC2(OC)CCC2)n1. The first kappa shape index (κ1) is 14.0. The summed E-state index contributed by atoms with van der Waals surface area (Å²) in [5.74, 6) is 1.78. The lowest BCUT2D eigenvalue weighted by atomic mass is 9.80. The van der Waals surface area contributed by atoms with Crippen molar-refractivity contribution in [3.8, 4) is 0 Å². The lowest BCUT2D eigenvalue weighted by Crippen LogP contribution is -2.45. The minimum atomic E-state index is -0.0419. The van der Waals surface area contributed by atoms with E-state index in [4.69, 9.17) is 15.2 Å². The van der Waals surface area contributed by atoms with Crippen LogP contribution in [0, 0.1) is 0 Å². The Kier molecular flexibility index (Phi) is 4.55. The molecule has 0 aromatic carbocycles. The monoisotopic (exact) mass is 266 g/mol. The number of nitrogens with one attached hydrogen (secondary N) is 1. The Morgan fingerprint density at radius 1 is 1.42 bits per heavy atom. The van der Waals surface area contributed by atoms with Crippen molar-refractivity contribution in [2.45, 2.75) is 38.4 Å². The van der Waals surface area contributed by atoms with Crippen molar-refractivity contribution in [3.05, 3.63) is 11.9 Å². The Hall–Kier alpha value is -1.40. The molecule has 1 aliphatic carbocycles. The van der Waals surface area contributed by atoms with Crippen molar-refractivity contribution in [2.24, 2.45) is 0 Å². The van der Waals surface area contributed by atoms with Crippen LogP contribution in [0.3, 0.4) is 0 Å². The van der Waals surface area contributed by atoms with E-state index in [1.807, 2.05) is 6.92 Å². The number of ether oxygens (including phenoxy) is 2. The summed E-state index contributed by atoms with van der Waals surface area (Å²) in [6, 6.07) is 1.73. The minimum Gasteiger partial charge on any atom is -0.384 e. The van der Waals surface area contributed by atoms with Gasteiger partial charge in [-0.2, -0.15) is 0 Å². The summed E-state index contributed by atoms with van der Waals surface area (Å²) in [4.78, 5) is 8.52. The van der Waals surface area contributed by atoms with E-state index in [-0.39, 0.29) is 5.60 Å². The molecule has 0 aliphatic heterocycles. The molecule has 1 aromatic rings. The quantitative estimate of drug-likeness (QED) is 0.779. The van der Waals surface area contributed by atoms with Gasteiger partial charge in [0.15, 0.2) is 5.82 Å². The summed E-state index contributed by atoms with van der Waals surface area (Å²) in [7, 11) is 1.76. The molecule has 2 rings (SSSR count). The Bertz CT molecular complexity index is 416. The molecule has 0 atom stereocenters. The van der Waals surface area contributed by atoms with Crippen LogP contribution in [0.1, 0.15) is 32.0 Å². The molecule has 6 nitrogen and oxygen atoms in total. The highest BCUT2D eigenvalue weighted by Gasteiger charge is 2.36. The molecule has 0 saturated heterocycles. The fraction of sp³-hybridized carbons (Fsp3) is 0.692. The van der Waals surface area contributed by atoms with Crippen LogP contribution >= 0.6 is 0 Å². The van der Waals surface area contributed by atoms with Crippen LogP contribution in [-0.2, 0) is 16.1 Å². The largest absolute Gasteiger partial charge is 0.384 e.